The summed E-state index contributed by atoms with van der Waals surface area (Å²) in [5, 5.41) is 23.1. The summed E-state index contributed by atoms with van der Waals surface area (Å²) in [5.41, 5.74) is 4.58. The summed E-state index contributed by atoms with van der Waals surface area (Å²) < 4.78 is 7.56. The van der Waals surface area contributed by atoms with Gasteiger partial charge in [0.1, 0.15) is 17.6 Å². The Bertz CT molecular complexity index is 1530. The summed E-state index contributed by atoms with van der Waals surface area (Å²) in [6.07, 6.45) is 13.0. The van der Waals surface area contributed by atoms with Gasteiger partial charge in [0, 0.05) is 17.4 Å². The molecule has 0 fully saturated rings. The van der Waals surface area contributed by atoms with Gasteiger partial charge in [-0.1, -0.05) is 12.1 Å². The minimum atomic E-state index is -0.363. The van der Waals surface area contributed by atoms with E-state index in [1.807, 2.05) is 55.5 Å². The van der Waals surface area contributed by atoms with Gasteiger partial charge in [0.2, 0.25) is 0 Å². The predicted octanol–water partition coefficient (Wildman–Crippen LogP) is 5.59. The number of amides is 2. The van der Waals surface area contributed by atoms with E-state index in [2.05, 4.69) is 44.3 Å². The highest BCUT2D eigenvalue weighted by atomic mass is 16.5. The Kier molecular flexibility index (Phi) is 6.81. The second-order valence-electron chi connectivity index (χ2n) is 8.47. The monoisotopic (exact) mass is 491 g/mol. The minimum Gasteiger partial charge on any atom is -0.458 e. The molecule has 1 aliphatic carbocycles. The lowest BCUT2D eigenvalue weighted by Gasteiger charge is -2.13. The molecule has 0 atom stereocenters. The highest BCUT2D eigenvalue weighted by Crippen LogP contribution is 2.33. The van der Waals surface area contributed by atoms with Crippen LogP contribution in [0.15, 0.2) is 85.0 Å². The highest BCUT2D eigenvalue weighted by molar-refractivity contribution is 5.94. The first-order valence-corrected chi connectivity index (χ1v) is 11.9. The van der Waals surface area contributed by atoms with Gasteiger partial charge in [-0.25, -0.2) is 9.31 Å². The molecule has 0 radical (unpaired) electrons. The fraction of sp³-hybridized carbons (Fsp3) is 0.143. The number of urea groups is 1. The maximum atomic E-state index is 12.5. The number of benzene rings is 1. The predicted molar refractivity (Wildman–Crippen MR) is 142 cm³/mol. The zero-order chi connectivity index (χ0) is 25.6. The first kappa shape index (κ1) is 23.6. The summed E-state index contributed by atoms with van der Waals surface area (Å²) in [5.74, 6) is 1.56. The average molecular weight is 492 g/mol. The molecular weight excluding hydrogens is 466 g/mol. The number of ether oxygens (including phenoxy) is 1. The molecule has 2 amide bonds. The summed E-state index contributed by atoms with van der Waals surface area (Å²) >= 11 is 0. The normalized spacial score (nSPS) is 12.5. The van der Waals surface area contributed by atoms with Gasteiger partial charge in [0.15, 0.2) is 0 Å². The standard InChI is InChI=1S/C28H25N7O2/c1-19-25(34-28(36)31-17-22-7-5-6-14-30-22)18-35-27(19)26(20(15-29)16-32-35)33-21-10-12-24(13-11-21)37-23-8-3-2-4-9-23/h3,5-14,16,18,33H,2,4,17H2,1H3,(H2,31,34,36). The number of carbonyl (C=O) groups is 1. The van der Waals surface area contributed by atoms with Crippen LogP contribution in [0.25, 0.3) is 5.52 Å². The molecule has 4 aromatic rings. The van der Waals surface area contributed by atoms with Crippen LogP contribution >= 0.6 is 0 Å². The van der Waals surface area contributed by atoms with Gasteiger partial charge in [-0.15, -0.1) is 0 Å². The van der Waals surface area contributed by atoms with Crippen molar-refractivity contribution in [3.63, 3.8) is 0 Å². The zero-order valence-electron chi connectivity index (χ0n) is 20.2. The van der Waals surface area contributed by atoms with Crippen molar-refractivity contribution in [3.05, 3.63) is 102 Å². The molecule has 0 saturated carbocycles. The van der Waals surface area contributed by atoms with Crippen LogP contribution in [0.5, 0.6) is 5.75 Å². The molecule has 0 spiro atoms. The maximum Gasteiger partial charge on any atom is 0.319 e. The number of allylic oxidation sites excluding steroid dienone is 3. The van der Waals surface area contributed by atoms with Crippen LogP contribution in [0.4, 0.5) is 21.9 Å². The number of anilines is 3. The second-order valence-corrected chi connectivity index (χ2v) is 8.47. The molecule has 0 bridgehead atoms. The number of nitriles is 1. The smallest absolute Gasteiger partial charge is 0.319 e. The van der Waals surface area contributed by atoms with E-state index in [1.165, 1.54) is 6.20 Å². The average Bonchev–Trinajstić information content (AvgIpc) is 3.25. The van der Waals surface area contributed by atoms with E-state index in [9.17, 15) is 10.1 Å². The Hall–Kier alpha value is -5.10. The van der Waals surface area contributed by atoms with Gasteiger partial charge < -0.3 is 20.7 Å². The molecular formula is C28H25N7O2. The van der Waals surface area contributed by atoms with Crippen LogP contribution in [0, 0.1) is 18.3 Å². The van der Waals surface area contributed by atoms with Crippen LogP contribution in [-0.2, 0) is 6.54 Å². The van der Waals surface area contributed by atoms with E-state index < -0.39 is 0 Å². The molecule has 3 heterocycles. The number of pyridine rings is 1. The molecule has 184 valence electrons. The maximum absolute atomic E-state index is 12.5. The number of hydrogen-bond acceptors (Lipinski definition) is 6. The first-order chi connectivity index (χ1) is 18.1. The van der Waals surface area contributed by atoms with E-state index >= 15 is 0 Å². The Morgan fingerprint density at radius 1 is 1.19 bits per heavy atom. The van der Waals surface area contributed by atoms with Gasteiger partial charge in [0.05, 0.1) is 47.1 Å². The summed E-state index contributed by atoms with van der Waals surface area (Å²) in [4.78, 5) is 16.7. The minimum absolute atomic E-state index is 0.302. The van der Waals surface area contributed by atoms with Crippen molar-refractivity contribution in [2.75, 3.05) is 10.6 Å². The van der Waals surface area contributed by atoms with Gasteiger partial charge in [-0.2, -0.15) is 10.4 Å². The van der Waals surface area contributed by atoms with Crippen molar-refractivity contribution >= 4 is 28.6 Å². The lowest BCUT2D eigenvalue weighted by atomic mass is 10.1. The molecule has 1 aromatic carbocycles. The zero-order valence-corrected chi connectivity index (χ0v) is 20.2. The van der Waals surface area contributed by atoms with Gasteiger partial charge in [-0.3, -0.25) is 4.98 Å². The van der Waals surface area contributed by atoms with Crippen molar-refractivity contribution in [1.29, 1.82) is 5.26 Å². The fourth-order valence-corrected chi connectivity index (χ4v) is 4.02. The lowest BCUT2D eigenvalue weighted by Crippen LogP contribution is -2.28. The molecule has 9 heteroatoms. The quantitative estimate of drug-likeness (QED) is 0.310. The Balaban J connectivity index is 1.35. The third-order valence-electron chi connectivity index (χ3n) is 5.90. The number of nitrogens with one attached hydrogen (secondary N) is 3. The van der Waals surface area contributed by atoms with Crippen molar-refractivity contribution in [3.8, 4) is 11.8 Å². The molecule has 3 N–H and O–H groups in total. The summed E-state index contributed by atoms with van der Waals surface area (Å²) in [6.45, 7) is 2.18. The van der Waals surface area contributed by atoms with Crippen molar-refractivity contribution in [1.82, 2.24) is 19.9 Å². The summed E-state index contributed by atoms with van der Waals surface area (Å²) in [6, 6.07) is 14.9. The molecule has 3 aromatic heterocycles. The van der Waals surface area contributed by atoms with E-state index in [4.69, 9.17) is 4.74 Å². The molecule has 0 aliphatic heterocycles. The number of hydrogen-bond donors (Lipinski definition) is 3. The van der Waals surface area contributed by atoms with Crippen LogP contribution in [0.2, 0.25) is 0 Å². The van der Waals surface area contributed by atoms with Crippen molar-refractivity contribution < 1.29 is 9.53 Å². The molecule has 37 heavy (non-hydrogen) atoms. The molecule has 1 aliphatic rings. The van der Waals surface area contributed by atoms with Crippen LogP contribution < -0.4 is 20.7 Å². The van der Waals surface area contributed by atoms with Crippen molar-refractivity contribution in [2.24, 2.45) is 0 Å². The topological polar surface area (TPSA) is 116 Å². The SMILES string of the molecule is Cc1c(NC(=O)NCc2ccccn2)cn2ncc(C#N)c(Nc3ccc(OC4=CCCC=C4)cc3)c12. The number of carbonyl (C=O) groups excluding carboxylic acids is 1. The van der Waals surface area contributed by atoms with E-state index in [-0.39, 0.29) is 6.03 Å². The van der Waals surface area contributed by atoms with Gasteiger partial charge in [0.25, 0.3) is 0 Å². The molecule has 9 nitrogen and oxygen atoms in total. The fourth-order valence-electron chi connectivity index (χ4n) is 4.02. The van der Waals surface area contributed by atoms with Crippen molar-refractivity contribution in [2.45, 2.75) is 26.3 Å². The van der Waals surface area contributed by atoms with Crippen LogP contribution in [0.3, 0.4) is 0 Å². The third-order valence-corrected chi connectivity index (χ3v) is 5.90. The lowest BCUT2D eigenvalue weighted by molar-refractivity contribution is 0.251. The number of fused-ring (bicyclic) bond motifs is 1. The Morgan fingerprint density at radius 3 is 2.78 bits per heavy atom. The van der Waals surface area contributed by atoms with E-state index in [1.54, 1.807) is 16.9 Å². The van der Waals surface area contributed by atoms with E-state index in [0.717, 1.165) is 41.3 Å². The molecule has 0 saturated heterocycles. The highest BCUT2D eigenvalue weighted by Gasteiger charge is 2.17. The Morgan fingerprint density at radius 2 is 2.05 bits per heavy atom. The number of rotatable bonds is 7. The molecule has 5 rings (SSSR count). The summed E-state index contributed by atoms with van der Waals surface area (Å²) in [7, 11) is 0. The number of aromatic nitrogens is 3. The number of aryl methyl sites for hydroxylation is 1. The van der Waals surface area contributed by atoms with Gasteiger partial charge in [-0.05, 0) is 68.3 Å². The largest absolute Gasteiger partial charge is 0.458 e. The Labute approximate surface area is 214 Å². The van der Waals surface area contributed by atoms with Gasteiger partial charge >= 0.3 is 6.03 Å². The second kappa shape index (κ2) is 10.7. The molecule has 0 unspecified atom stereocenters. The van der Waals surface area contributed by atoms with Crippen LogP contribution in [0.1, 0.15) is 29.7 Å². The third kappa shape index (κ3) is 5.44. The first-order valence-electron chi connectivity index (χ1n) is 11.9. The van der Waals surface area contributed by atoms with E-state index in [0.29, 0.717) is 29.0 Å². The van der Waals surface area contributed by atoms with Crippen LogP contribution in [-0.4, -0.2) is 20.6 Å². The number of nitrogens with zero attached hydrogens (tertiary/aromatic N) is 4.